The Morgan fingerprint density at radius 3 is 2.62 bits per heavy atom. The lowest BCUT2D eigenvalue weighted by atomic mass is 9.82. The van der Waals surface area contributed by atoms with Crippen molar-refractivity contribution in [2.75, 3.05) is 31.7 Å². The molecule has 0 bridgehead atoms. The number of aliphatic hydroxyl groups excluding tert-OH is 1. The molecular weight excluding hydrogens is 376 g/mol. The number of piperidine rings is 1. The topological polar surface area (TPSA) is 112 Å². The second-order valence-corrected chi connectivity index (χ2v) is 8.19. The Morgan fingerprint density at radius 1 is 1.34 bits per heavy atom. The number of carboxylic acid groups (broad SMARTS) is 1. The molecule has 2 unspecified atom stereocenters. The highest BCUT2D eigenvalue weighted by Crippen LogP contribution is 2.43. The van der Waals surface area contributed by atoms with Crippen molar-refractivity contribution in [3.8, 4) is 5.75 Å². The molecule has 1 aliphatic carbocycles. The highest BCUT2D eigenvalue weighted by Gasteiger charge is 2.39. The Morgan fingerprint density at radius 2 is 2.07 bits per heavy atom. The molecule has 2 aliphatic rings. The molecule has 29 heavy (non-hydrogen) atoms. The van der Waals surface area contributed by atoms with Crippen LogP contribution in [0.1, 0.15) is 42.6 Å². The van der Waals surface area contributed by atoms with Gasteiger partial charge in [-0.2, -0.15) is 0 Å². The first-order chi connectivity index (χ1) is 13.8. The van der Waals surface area contributed by atoms with Gasteiger partial charge in [-0.05, 0) is 31.4 Å². The number of aliphatic hydroxyl groups is 2. The maximum absolute atomic E-state index is 12.8. The van der Waals surface area contributed by atoms with Crippen LogP contribution in [0, 0.1) is 5.92 Å². The van der Waals surface area contributed by atoms with E-state index < -0.39 is 17.0 Å². The Labute approximate surface area is 167 Å². The second kappa shape index (κ2) is 7.03. The molecule has 1 saturated heterocycles. The van der Waals surface area contributed by atoms with Crippen LogP contribution in [0.2, 0.25) is 0 Å². The maximum atomic E-state index is 12.8. The van der Waals surface area contributed by atoms with Crippen LogP contribution in [0.5, 0.6) is 5.75 Å². The Bertz CT molecular complexity index is 1030. The average molecular weight is 402 g/mol. The van der Waals surface area contributed by atoms with Gasteiger partial charge in [0.25, 0.3) is 0 Å². The van der Waals surface area contributed by atoms with Gasteiger partial charge in [0.15, 0.2) is 5.75 Å². The van der Waals surface area contributed by atoms with Crippen molar-refractivity contribution < 1.29 is 24.9 Å². The smallest absolute Gasteiger partial charge is 0.341 e. The summed E-state index contributed by atoms with van der Waals surface area (Å²) in [6.45, 7) is 2.68. The molecule has 3 N–H and O–H groups in total. The fourth-order valence-electron chi connectivity index (χ4n) is 4.27. The van der Waals surface area contributed by atoms with Gasteiger partial charge in [-0.25, -0.2) is 4.79 Å². The average Bonchev–Trinajstić information content (AvgIpc) is 3.54. The number of ether oxygens (including phenoxy) is 1. The van der Waals surface area contributed by atoms with E-state index in [4.69, 9.17) is 4.74 Å². The van der Waals surface area contributed by atoms with Crippen molar-refractivity contribution in [2.45, 2.75) is 37.8 Å². The fraction of sp³-hybridized carbons (Fsp3) is 0.524. The van der Waals surface area contributed by atoms with Gasteiger partial charge in [-0.15, -0.1) is 0 Å². The van der Waals surface area contributed by atoms with Gasteiger partial charge >= 0.3 is 5.97 Å². The Balaban J connectivity index is 1.88. The summed E-state index contributed by atoms with van der Waals surface area (Å²) in [5.74, 6) is -0.853. The number of carbonyl (C=O) groups is 1. The van der Waals surface area contributed by atoms with Gasteiger partial charge in [-0.1, -0.05) is 6.92 Å². The minimum Gasteiger partial charge on any atom is -0.492 e. The normalized spacial score (nSPS) is 24.7. The molecule has 2 fully saturated rings. The van der Waals surface area contributed by atoms with Crippen LogP contribution in [0.4, 0.5) is 5.69 Å². The number of rotatable bonds is 5. The molecule has 1 aromatic heterocycles. The first-order valence-electron chi connectivity index (χ1n) is 9.88. The largest absolute Gasteiger partial charge is 0.492 e. The predicted octanol–water partition coefficient (Wildman–Crippen LogP) is 1.61. The van der Waals surface area contributed by atoms with Gasteiger partial charge in [0.05, 0.1) is 35.9 Å². The van der Waals surface area contributed by atoms with Crippen LogP contribution in [0.25, 0.3) is 10.9 Å². The van der Waals surface area contributed by atoms with E-state index in [0.717, 1.165) is 18.5 Å². The molecular formula is C21H26N2O6. The minimum absolute atomic E-state index is 0.151. The van der Waals surface area contributed by atoms with E-state index in [1.54, 1.807) is 19.2 Å². The van der Waals surface area contributed by atoms with Crippen LogP contribution >= 0.6 is 0 Å². The second-order valence-electron chi connectivity index (χ2n) is 8.19. The van der Waals surface area contributed by atoms with Crippen molar-refractivity contribution in [3.05, 3.63) is 34.1 Å². The lowest BCUT2D eigenvalue weighted by molar-refractivity contribution is -0.0681. The van der Waals surface area contributed by atoms with Crippen molar-refractivity contribution in [1.29, 1.82) is 0 Å². The fourth-order valence-corrected chi connectivity index (χ4v) is 4.27. The van der Waals surface area contributed by atoms with Crippen molar-refractivity contribution in [3.63, 3.8) is 0 Å². The number of aromatic carboxylic acids is 1. The molecule has 1 aliphatic heterocycles. The zero-order valence-corrected chi connectivity index (χ0v) is 16.6. The number of anilines is 1. The summed E-state index contributed by atoms with van der Waals surface area (Å²) in [5, 5.41) is 29.9. The monoisotopic (exact) mass is 402 g/mol. The first kappa shape index (κ1) is 19.7. The van der Waals surface area contributed by atoms with E-state index in [9.17, 15) is 24.9 Å². The van der Waals surface area contributed by atoms with E-state index in [-0.39, 0.29) is 24.1 Å². The molecule has 1 aromatic carbocycles. The number of carboxylic acids is 1. The quantitative estimate of drug-likeness (QED) is 0.697. The number of benzene rings is 1. The number of hydrogen-bond acceptors (Lipinski definition) is 6. The van der Waals surface area contributed by atoms with Crippen LogP contribution in [-0.4, -0.2) is 58.3 Å². The molecule has 0 spiro atoms. The third-order valence-electron chi connectivity index (χ3n) is 6.34. The summed E-state index contributed by atoms with van der Waals surface area (Å²) in [6, 6.07) is 3.60. The lowest BCUT2D eigenvalue weighted by Gasteiger charge is -2.43. The third kappa shape index (κ3) is 3.16. The van der Waals surface area contributed by atoms with Gasteiger partial charge < -0.3 is 29.5 Å². The molecule has 2 atom stereocenters. The number of hydrogen-bond donors (Lipinski definition) is 3. The SMILES string of the molecule is COc1c(N2CCC(O)(CO)C(C)C2)ccc2c(=O)c(C(=O)O)cn(C3CC3)c12. The number of methoxy groups -OCH3 is 1. The maximum Gasteiger partial charge on any atom is 0.341 e. The summed E-state index contributed by atoms with van der Waals surface area (Å²) in [6.07, 6.45) is 3.70. The molecule has 156 valence electrons. The minimum atomic E-state index is -1.23. The van der Waals surface area contributed by atoms with E-state index in [0.29, 0.717) is 36.2 Å². The summed E-state index contributed by atoms with van der Waals surface area (Å²) in [5.41, 5.74) is -0.454. The van der Waals surface area contributed by atoms with Crippen molar-refractivity contribution >= 4 is 22.6 Å². The van der Waals surface area contributed by atoms with Crippen LogP contribution in [0.15, 0.2) is 23.1 Å². The van der Waals surface area contributed by atoms with Gasteiger partial charge in [-0.3, -0.25) is 4.79 Å². The number of aromatic nitrogens is 1. The van der Waals surface area contributed by atoms with Gasteiger partial charge in [0.1, 0.15) is 5.56 Å². The molecule has 4 rings (SSSR count). The summed E-state index contributed by atoms with van der Waals surface area (Å²) < 4.78 is 7.60. The molecule has 0 amide bonds. The number of pyridine rings is 1. The number of nitrogens with zero attached hydrogens (tertiary/aromatic N) is 2. The third-order valence-corrected chi connectivity index (χ3v) is 6.34. The van der Waals surface area contributed by atoms with Crippen LogP contribution in [0.3, 0.4) is 0 Å². The molecule has 2 heterocycles. The van der Waals surface area contributed by atoms with Gasteiger partial charge in [0.2, 0.25) is 5.43 Å². The molecule has 8 heteroatoms. The van der Waals surface area contributed by atoms with E-state index >= 15 is 0 Å². The van der Waals surface area contributed by atoms with Crippen molar-refractivity contribution in [1.82, 2.24) is 4.57 Å². The standard InChI is InChI=1S/C21H26N2O6/c1-12-9-22(8-7-21(12,28)11-24)16-6-5-14-17(19(16)29-2)23(13-3-4-13)10-15(18(14)25)20(26)27/h5-6,10,12-13,24,28H,3-4,7-9,11H2,1-2H3,(H,26,27). The lowest BCUT2D eigenvalue weighted by Crippen LogP contribution is -2.53. The van der Waals surface area contributed by atoms with Crippen LogP contribution < -0.4 is 15.1 Å². The zero-order valence-electron chi connectivity index (χ0n) is 16.6. The zero-order chi connectivity index (χ0) is 20.9. The highest BCUT2D eigenvalue weighted by molar-refractivity contribution is 5.97. The van der Waals surface area contributed by atoms with E-state index in [2.05, 4.69) is 4.90 Å². The summed E-state index contributed by atoms with van der Waals surface area (Å²) >= 11 is 0. The Kier molecular flexibility index (Phi) is 4.78. The summed E-state index contributed by atoms with van der Waals surface area (Å²) in [4.78, 5) is 26.4. The molecule has 0 radical (unpaired) electrons. The van der Waals surface area contributed by atoms with E-state index in [1.165, 1.54) is 6.20 Å². The predicted molar refractivity (Wildman–Crippen MR) is 108 cm³/mol. The van der Waals surface area contributed by atoms with Crippen molar-refractivity contribution in [2.24, 2.45) is 5.92 Å². The Hall–Kier alpha value is -2.58. The highest BCUT2D eigenvalue weighted by atomic mass is 16.5. The molecule has 1 saturated carbocycles. The first-order valence-corrected chi connectivity index (χ1v) is 9.88. The summed E-state index contributed by atoms with van der Waals surface area (Å²) in [7, 11) is 1.54. The van der Waals surface area contributed by atoms with E-state index in [1.807, 2.05) is 11.5 Å². The molecule has 8 nitrogen and oxygen atoms in total. The molecule has 2 aromatic rings. The van der Waals surface area contributed by atoms with Crippen LogP contribution in [-0.2, 0) is 0 Å². The van der Waals surface area contributed by atoms with Gasteiger partial charge in [0, 0.05) is 31.2 Å². The number of fused-ring (bicyclic) bond motifs is 1.